The minimum absolute atomic E-state index is 0.224. The van der Waals surface area contributed by atoms with Crippen LogP contribution in [-0.4, -0.2) is 16.6 Å². The lowest BCUT2D eigenvalue weighted by molar-refractivity contribution is 0.959. The Bertz CT molecular complexity index is 551. The van der Waals surface area contributed by atoms with Gasteiger partial charge < -0.3 is 5.32 Å². The summed E-state index contributed by atoms with van der Waals surface area (Å²) in [5, 5.41) is 2.99. The zero-order valence-electron chi connectivity index (χ0n) is 8.64. The van der Waals surface area contributed by atoms with Gasteiger partial charge in [-0.1, -0.05) is 29.8 Å². The van der Waals surface area contributed by atoms with Gasteiger partial charge in [-0.3, -0.25) is 9.36 Å². The van der Waals surface area contributed by atoms with Gasteiger partial charge in [-0.05, 0) is 12.1 Å². The number of para-hydroxylation sites is 1. The summed E-state index contributed by atoms with van der Waals surface area (Å²) in [6.07, 6.45) is 1.50. The lowest BCUT2D eigenvalue weighted by Gasteiger charge is -2.07. The third kappa shape index (κ3) is 1.92. The van der Waals surface area contributed by atoms with Crippen molar-refractivity contribution < 1.29 is 0 Å². The van der Waals surface area contributed by atoms with Crippen molar-refractivity contribution in [3.8, 4) is 5.69 Å². The van der Waals surface area contributed by atoms with E-state index < -0.39 is 0 Å². The molecule has 0 fully saturated rings. The zero-order valence-corrected chi connectivity index (χ0v) is 9.40. The van der Waals surface area contributed by atoms with Crippen LogP contribution in [0.25, 0.3) is 5.69 Å². The lowest BCUT2D eigenvalue weighted by atomic mass is 10.3. The van der Waals surface area contributed by atoms with E-state index in [-0.39, 0.29) is 16.5 Å². The van der Waals surface area contributed by atoms with Gasteiger partial charge in [0.05, 0.1) is 6.20 Å². The molecule has 5 heteroatoms. The van der Waals surface area contributed by atoms with Crippen LogP contribution >= 0.6 is 11.6 Å². The Morgan fingerprint density at radius 2 is 2.00 bits per heavy atom. The number of halogens is 1. The molecule has 0 saturated carbocycles. The SMILES string of the molecule is CNc1nc(Cl)cn(-c2ccccc2)c1=O. The van der Waals surface area contributed by atoms with Crippen molar-refractivity contribution in [3.63, 3.8) is 0 Å². The zero-order chi connectivity index (χ0) is 11.5. The van der Waals surface area contributed by atoms with Gasteiger partial charge in [-0.25, -0.2) is 4.98 Å². The van der Waals surface area contributed by atoms with E-state index in [1.54, 1.807) is 7.05 Å². The predicted octanol–water partition coefficient (Wildman–Crippen LogP) is 1.93. The van der Waals surface area contributed by atoms with Crippen molar-refractivity contribution >= 4 is 17.4 Å². The number of nitrogens with zero attached hydrogens (tertiary/aromatic N) is 2. The topological polar surface area (TPSA) is 46.9 Å². The van der Waals surface area contributed by atoms with Crippen molar-refractivity contribution in [2.24, 2.45) is 0 Å². The van der Waals surface area contributed by atoms with Crippen LogP contribution < -0.4 is 10.9 Å². The largest absolute Gasteiger partial charge is 0.368 e. The number of rotatable bonds is 2. The molecule has 0 saturated heterocycles. The number of benzene rings is 1. The molecule has 1 heterocycles. The molecule has 0 aliphatic rings. The maximum Gasteiger partial charge on any atom is 0.297 e. The predicted molar refractivity (Wildman–Crippen MR) is 64.4 cm³/mol. The number of hydrogen-bond donors (Lipinski definition) is 1. The van der Waals surface area contributed by atoms with Crippen LogP contribution in [0.5, 0.6) is 0 Å². The molecule has 16 heavy (non-hydrogen) atoms. The van der Waals surface area contributed by atoms with Gasteiger partial charge in [0.25, 0.3) is 5.56 Å². The molecule has 1 aromatic carbocycles. The van der Waals surface area contributed by atoms with Gasteiger partial charge in [-0.15, -0.1) is 0 Å². The molecule has 0 unspecified atom stereocenters. The Morgan fingerprint density at radius 1 is 1.31 bits per heavy atom. The summed E-state index contributed by atoms with van der Waals surface area (Å²) in [6, 6.07) is 9.26. The van der Waals surface area contributed by atoms with E-state index in [0.717, 1.165) is 5.69 Å². The summed E-state index contributed by atoms with van der Waals surface area (Å²) in [7, 11) is 1.63. The molecule has 0 amide bonds. The Morgan fingerprint density at radius 3 is 2.62 bits per heavy atom. The average molecular weight is 236 g/mol. The van der Waals surface area contributed by atoms with Crippen molar-refractivity contribution in [1.82, 2.24) is 9.55 Å². The lowest BCUT2D eigenvalue weighted by Crippen LogP contribution is -2.22. The minimum atomic E-state index is -0.224. The number of anilines is 1. The maximum absolute atomic E-state index is 11.9. The quantitative estimate of drug-likeness (QED) is 0.865. The van der Waals surface area contributed by atoms with Crippen LogP contribution in [-0.2, 0) is 0 Å². The molecule has 1 aromatic heterocycles. The van der Waals surface area contributed by atoms with E-state index in [2.05, 4.69) is 10.3 Å². The number of nitrogens with one attached hydrogen (secondary N) is 1. The molecule has 82 valence electrons. The molecule has 0 atom stereocenters. The van der Waals surface area contributed by atoms with Crippen molar-refractivity contribution in [2.75, 3.05) is 12.4 Å². The maximum atomic E-state index is 11.9. The molecule has 1 N–H and O–H groups in total. The van der Waals surface area contributed by atoms with Gasteiger partial charge in [0.2, 0.25) is 0 Å². The fourth-order valence-corrected chi connectivity index (χ4v) is 1.59. The van der Waals surface area contributed by atoms with E-state index >= 15 is 0 Å². The Balaban J connectivity index is 2.66. The highest BCUT2D eigenvalue weighted by molar-refractivity contribution is 6.29. The van der Waals surface area contributed by atoms with Gasteiger partial charge in [-0.2, -0.15) is 0 Å². The second-order valence-corrected chi connectivity index (χ2v) is 3.56. The smallest absolute Gasteiger partial charge is 0.297 e. The Kier molecular flexibility index (Phi) is 2.92. The third-order valence-corrected chi connectivity index (χ3v) is 2.33. The van der Waals surface area contributed by atoms with Crippen LogP contribution in [0.3, 0.4) is 0 Å². The van der Waals surface area contributed by atoms with Gasteiger partial charge in [0.1, 0.15) is 5.15 Å². The highest BCUT2D eigenvalue weighted by atomic mass is 35.5. The van der Waals surface area contributed by atoms with E-state index in [9.17, 15) is 4.79 Å². The normalized spacial score (nSPS) is 10.1. The average Bonchev–Trinajstić information content (AvgIpc) is 2.33. The number of hydrogen-bond acceptors (Lipinski definition) is 3. The molecule has 0 bridgehead atoms. The van der Waals surface area contributed by atoms with E-state index in [0.29, 0.717) is 0 Å². The molecule has 0 aliphatic carbocycles. The summed E-state index contributed by atoms with van der Waals surface area (Å²) in [5.74, 6) is 0.233. The Labute approximate surface area is 97.5 Å². The summed E-state index contributed by atoms with van der Waals surface area (Å²) in [6.45, 7) is 0. The van der Waals surface area contributed by atoms with Gasteiger partial charge in [0, 0.05) is 12.7 Å². The third-order valence-electron chi connectivity index (χ3n) is 2.15. The van der Waals surface area contributed by atoms with E-state index in [1.807, 2.05) is 30.3 Å². The molecule has 0 radical (unpaired) electrons. The van der Waals surface area contributed by atoms with E-state index in [4.69, 9.17) is 11.6 Å². The fraction of sp³-hybridized carbons (Fsp3) is 0.0909. The first-order valence-electron chi connectivity index (χ1n) is 4.75. The minimum Gasteiger partial charge on any atom is -0.368 e. The van der Waals surface area contributed by atoms with Crippen molar-refractivity contribution in [1.29, 1.82) is 0 Å². The van der Waals surface area contributed by atoms with Gasteiger partial charge >= 0.3 is 0 Å². The van der Waals surface area contributed by atoms with Crippen LogP contribution in [0.2, 0.25) is 5.15 Å². The second kappa shape index (κ2) is 4.37. The van der Waals surface area contributed by atoms with Crippen LogP contribution in [0.4, 0.5) is 5.82 Å². The van der Waals surface area contributed by atoms with Crippen molar-refractivity contribution in [3.05, 3.63) is 52.0 Å². The standard InChI is InChI=1S/C11H10ClN3O/c1-13-10-11(16)15(7-9(12)14-10)8-5-3-2-4-6-8/h2-7H,1H3,(H,13,14). The summed E-state index contributed by atoms with van der Waals surface area (Å²) < 4.78 is 1.46. The van der Waals surface area contributed by atoms with Gasteiger partial charge in [0.15, 0.2) is 5.82 Å². The monoisotopic (exact) mass is 235 g/mol. The summed E-state index contributed by atoms with van der Waals surface area (Å²) >= 11 is 5.84. The molecule has 2 aromatic rings. The highest BCUT2D eigenvalue weighted by Gasteiger charge is 2.06. The fourth-order valence-electron chi connectivity index (χ4n) is 1.41. The molecule has 2 rings (SSSR count). The summed E-state index contributed by atoms with van der Waals surface area (Å²) in [5.41, 5.74) is 0.534. The van der Waals surface area contributed by atoms with Crippen molar-refractivity contribution in [2.45, 2.75) is 0 Å². The summed E-state index contributed by atoms with van der Waals surface area (Å²) in [4.78, 5) is 15.8. The molecular formula is C11H10ClN3O. The first-order valence-corrected chi connectivity index (χ1v) is 5.12. The van der Waals surface area contributed by atoms with Crippen LogP contribution in [0.1, 0.15) is 0 Å². The second-order valence-electron chi connectivity index (χ2n) is 3.17. The first-order chi connectivity index (χ1) is 7.72. The number of aromatic nitrogens is 2. The Hall–Kier alpha value is -1.81. The van der Waals surface area contributed by atoms with Crippen LogP contribution in [0.15, 0.2) is 41.3 Å². The molecule has 0 spiro atoms. The molecular weight excluding hydrogens is 226 g/mol. The molecule has 4 nitrogen and oxygen atoms in total. The van der Waals surface area contributed by atoms with Crippen LogP contribution in [0, 0.1) is 0 Å². The first kappa shape index (κ1) is 10.7. The molecule has 0 aliphatic heterocycles. The van der Waals surface area contributed by atoms with E-state index in [1.165, 1.54) is 10.8 Å². The highest BCUT2D eigenvalue weighted by Crippen LogP contribution is 2.10.